The average molecular weight is 186 g/mol. The Morgan fingerprint density at radius 2 is 2.08 bits per heavy atom. The van der Waals surface area contributed by atoms with Crippen molar-refractivity contribution in [3.05, 3.63) is 0 Å². The second-order valence-corrected chi connectivity index (χ2v) is 4.30. The van der Waals surface area contributed by atoms with Crippen molar-refractivity contribution in [2.24, 2.45) is 5.92 Å². The Morgan fingerprint density at radius 3 is 2.46 bits per heavy atom. The van der Waals surface area contributed by atoms with E-state index in [1.807, 2.05) is 6.92 Å². The summed E-state index contributed by atoms with van der Waals surface area (Å²) in [6.07, 6.45) is 4.21. The van der Waals surface area contributed by atoms with Crippen molar-refractivity contribution < 1.29 is 9.53 Å². The summed E-state index contributed by atoms with van der Waals surface area (Å²) in [4.78, 5) is 10.3. The molecule has 0 bridgehead atoms. The van der Waals surface area contributed by atoms with Crippen LogP contribution in [0, 0.1) is 5.92 Å². The Balaban J connectivity index is 3.76. The van der Waals surface area contributed by atoms with E-state index in [4.69, 9.17) is 4.74 Å². The maximum Gasteiger partial charge on any atom is 0.293 e. The van der Waals surface area contributed by atoms with Crippen LogP contribution in [0.2, 0.25) is 0 Å². The van der Waals surface area contributed by atoms with Gasteiger partial charge in [-0.1, -0.05) is 27.2 Å². The largest absolute Gasteiger partial charge is 0.462 e. The number of carbonyl (C=O) groups excluding carboxylic acids is 1. The highest BCUT2D eigenvalue weighted by Crippen LogP contribution is 2.22. The van der Waals surface area contributed by atoms with Gasteiger partial charge in [0.1, 0.15) is 5.60 Å². The van der Waals surface area contributed by atoms with E-state index in [0.717, 1.165) is 25.2 Å². The summed E-state index contributed by atoms with van der Waals surface area (Å²) in [5, 5.41) is 0. The van der Waals surface area contributed by atoms with Crippen molar-refractivity contribution in [3.8, 4) is 0 Å². The van der Waals surface area contributed by atoms with E-state index in [9.17, 15) is 4.79 Å². The second-order valence-electron chi connectivity index (χ2n) is 4.30. The van der Waals surface area contributed by atoms with E-state index < -0.39 is 0 Å². The molecule has 0 aliphatic heterocycles. The molecular formula is C11H22O2. The molecule has 2 heteroatoms. The quantitative estimate of drug-likeness (QED) is 0.571. The first kappa shape index (κ1) is 12.5. The summed E-state index contributed by atoms with van der Waals surface area (Å²) in [5.74, 6) is 0.734. The molecule has 0 aromatic rings. The molecule has 0 saturated heterocycles. The van der Waals surface area contributed by atoms with Gasteiger partial charge in [0.05, 0.1) is 0 Å². The maximum atomic E-state index is 10.3. The van der Waals surface area contributed by atoms with Gasteiger partial charge in [0.2, 0.25) is 0 Å². The summed E-state index contributed by atoms with van der Waals surface area (Å²) in [5.41, 5.74) is -0.239. The second kappa shape index (κ2) is 6.01. The van der Waals surface area contributed by atoms with Gasteiger partial charge in [-0.2, -0.15) is 0 Å². The smallest absolute Gasteiger partial charge is 0.293 e. The van der Waals surface area contributed by atoms with Gasteiger partial charge >= 0.3 is 0 Å². The lowest BCUT2D eigenvalue weighted by atomic mass is 9.93. The fourth-order valence-corrected chi connectivity index (χ4v) is 1.32. The van der Waals surface area contributed by atoms with Gasteiger partial charge in [0.25, 0.3) is 6.47 Å². The molecule has 0 rings (SSSR count). The third-order valence-electron chi connectivity index (χ3n) is 2.57. The molecule has 0 heterocycles. The SMILES string of the molecule is CC[C@@](C)(CCCC(C)C)OC=O. The lowest BCUT2D eigenvalue weighted by Crippen LogP contribution is -2.27. The van der Waals surface area contributed by atoms with Crippen molar-refractivity contribution in [1.82, 2.24) is 0 Å². The molecule has 13 heavy (non-hydrogen) atoms. The van der Waals surface area contributed by atoms with Gasteiger partial charge in [0.15, 0.2) is 0 Å². The highest BCUT2D eigenvalue weighted by Gasteiger charge is 2.22. The standard InChI is InChI=1S/C11H22O2/c1-5-11(4,13-9-12)8-6-7-10(2)3/h9-10H,5-8H2,1-4H3/t11-/m0/s1. The van der Waals surface area contributed by atoms with E-state index >= 15 is 0 Å². The van der Waals surface area contributed by atoms with Crippen LogP contribution < -0.4 is 0 Å². The zero-order chi connectivity index (χ0) is 10.3. The van der Waals surface area contributed by atoms with E-state index in [2.05, 4.69) is 20.8 Å². The molecule has 0 saturated carbocycles. The maximum absolute atomic E-state index is 10.3. The first-order valence-corrected chi connectivity index (χ1v) is 5.15. The predicted molar refractivity (Wildman–Crippen MR) is 54.5 cm³/mol. The van der Waals surface area contributed by atoms with Gasteiger partial charge in [-0.25, -0.2) is 0 Å². The van der Waals surface area contributed by atoms with E-state index in [1.165, 1.54) is 6.42 Å². The van der Waals surface area contributed by atoms with Crippen LogP contribution in [0.4, 0.5) is 0 Å². The monoisotopic (exact) mass is 186 g/mol. The average Bonchev–Trinajstić information content (AvgIpc) is 2.04. The van der Waals surface area contributed by atoms with E-state index in [1.54, 1.807) is 0 Å². The number of ether oxygens (including phenoxy) is 1. The Kier molecular flexibility index (Phi) is 5.76. The fourth-order valence-electron chi connectivity index (χ4n) is 1.32. The minimum Gasteiger partial charge on any atom is -0.462 e. The molecule has 0 fully saturated rings. The first-order chi connectivity index (χ1) is 6.04. The summed E-state index contributed by atoms with van der Waals surface area (Å²) < 4.78 is 5.08. The lowest BCUT2D eigenvalue weighted by molar-refractivity contribution is -0.143. The Morgan fingerprint density at radius 1 is 1.46 bits per heavy atom. The van der Waals surface area contributed by atoms with Crippen LogP contribution in [0.15, 0.2) is 0 Å². The number of hydrogen-bond acceptors (Lipinski definition) is 2. The molecule has 0 aliphatic carbocycles. The third-order valence-corrected chi connectivity index (χ3v) is 2.57. The highest BCUT2D eigenvalue weighted by molar-refractivity contribution is 5.38. The topological polar surface area (TPSA) is 26.3 Å². The molecule has 0 aromatic carbocycles. The predicted octanol–water partition coefficient (Wildman–Crippen LogP) is 3.15. The zero-order valence-corrected chi connectivity index (χ0v) is 9.30. The van der Waals surface area contributed by atoms with Gasteiger partial charge in [-0.3, -0.25) is 4.79 Å². The number of rotatable bonds is 7. The molecule has 0 aliphatic rings. The summed E-state index contributed by atoms with van der Waals surface area (Å²) in [6, 6.07) is 0. The fraction of sp³-hybridized carbons (Fsp3) is 0.909. The normalized spacial score (nSPS) is 15.5. The molecule has 0 spiro atoms. The van der Waals surface area contributed by atoms with Crippen molar-refractivity contribution in [1.29, 1.82) is 0 Å². The Hall–Kier alpha value is -0.530. The summed E-state index contributed by atoms with van der Waals surface area (Å²) in [7, 11) is 0. The van der Waals surface area contributed by atoms with Crippen LogP contribution in [0.25, 0.3) is 0 Å². The molecule has 2 nitrogen and oxygen atoms in total. The van der Waals surface area contributed by atoms with Crippen LogP contribution in [0.1, 0.15) is 53.4 Å². The van der Waals surface area contributed by atoms with Gasteiger partial charge in [-0.05, 0) is 32.1 Å². The molecule has 0 radical (unpaired) electrons. The van der Waals surface area contributed by atoms with Gasteiger partial charge in [0, 0.05) is 0 Å². The Labute approximate surface area is 81.7 Å². The molecule has 1 atom stereocenters. The van der Waals surface area contributed by atoms with Gasteiger partial charge in [-0.15, -0.1) is 0 Å². The summed E-state index contributed by atoms with van der Waals surface area (Å²) >= 11 is 0. The van der Waals surface area contributed by atoms with Crippen molar-refractivity contribution in [3.63, 3.8) is 0 Å². The minimum atomic E-state index is -0.239. The van der Waals surface area contributed by atoms with E-state index in [0.29, 0.717) is 6.47 Å². The molecule has 0 aromatic heterocycles. The van der Waals surface area contributed by atoms with Crippen LogP contribution >= 0.6 is 0 Å². The summed E-state index contributed by atoms with van der Waals surface area (Å²) in [6.45, 7) is 9.05. The van der Waals surface area contributed by atoms with Crippen LogP contribution in [0.3, 0.4) is 0 Å². The molecule has 0 amide bonds. The number of carbonyl (C=O) groups is 1. The molecule has 0 N–H and O–H groups in total. The van der Waals surface area contributed by atoms with Crippen molar-refractivity contribution >= 4 is 6.47 Å². The Bertz CT molecular complexity index is 143. The first-order valence-electron chi connectivity index (χ1n) is 5.15. The lowest BCUT2D eigenvalue weighted by Gasteiger charge is -2.26. The van der Waals surface area contributed by atoms with Crippen molar-refractivity contribution in [2.45, 2.75) is 59.0 Å². The minimum absolute atomic E-state index is 0.239. The zero-order valence-electron chi connectivity index (χ0n) is 9.30. The van der Waals surface area contributed by atoms with Crippen LogP contribution in [0.5, 0.6) is 0 Å². The molecule has 0 unspecified atom stereocenters. The van der Waals surface area contributed by atoms with Crippen LogP contribution in [-0.2, 0) is 9.53 Å². The third kappa shape index (κ3) is 5.67. The van der Waals surface area contributed by atoms with Crippen molar-refractivity contribution in [2.75, 3.05) is 0 Å². The van der Waals surface area contributed by atoms with E-state index in [-0.39, 0.29) is 5.60 Å². The highest BCUT2D eigenvalue weighted by atomic mass is 16.5. The van der Waals surface area contributed by atoms with Gasteiger partial charge < -0.3 is 4.74 Å². The number of hydrogen-bond donors (Lipinski definition) is 0. The molecule has 78 valence electrons. The van der Waals surface area contributed by atoms with Crippen LogP contribution in [-0.4, -0.2) is 12.1 Å². The molecular weight excluding hydrogens is 164 g/mol.